The van der Waals surface area contributed by atoms with Crippen molar-refractivity contribution in [1.82, 2.24) is 4.98 Å². The molecule has 0 spiro atoms. The summed E-state index contributed by atoms with van der Waals surface area (Å²) in [6.45, 7) is -0.334. The number of alkyl halides is 3. The van der Waals surface area contributed by atoms with E-state index in [-0.39, 0.29) is 28.9 Å². The van der Waals surface area contributed by atoms with Gasteiger partial charge < -0.3 is 4.74 Å². The van der Waals surface area contributed by atoms with Crippen molar-refractivity contribution in [2.75, 3.05) is 11.9 Å². The highest BCUT2D eigenvalue weighted by Gasteiger charge is 2.30. The first-order chi connectivity index (χ1) is 14.3. The van der Waals surface area contributed by atoms with Crippen molar-refractivity contribution in [1.29, 1.82) is 0 Å². The molecule has 3 aromatic rings. The molecule has 1 aromatic heterocycles. The molecule has 0 aliphatic rings. The Bertz CT molecular complexity index is 1070. The number of aldehydes is 1. The molecule has 3 rings (SSSR count). The van der Waals surface area contributed by atoms with Gasteiger partial charge in [-0.15, -0.1) is 11.3 Å². The second kappa shape index (κ2) is 9.27. The number of nitrogens with one attached hydrogen (secondary N) is 1. The summed E-state index contributed by atoms with van der Waals surface area (Å²) in [4.78, 5) is 27.7. The lowest BCUT2D eigenvalue weighted by atomic mass is 10.1. The monoisotopic (exact) mass is 454 g/mol. The molecule has 30 heavy (non-hydrogen) atoms. The van der Waals surface area contributed by atoms with Gasteiger partial charge in [0.1, 0.15) is 5.75 Å². The first-order valence-electron chi connectivity index (χ1n) is 8.53. The Balaban J connectivity index is 1.61. The number of carbonyl (C=O) groups excluding carboxylic acids is 2. The molecule has 0 unspecified atom stereocenters. The quantitative estimate of drug-likeness (QED) is 0.496. The molecule has 0 fully saturated rings. The smallest absolute Gasteiger partial charge is 0.416 e. The van der Waals surface area contributed by atoms with Crippen molar-refractivity contribution in [3.63, 3.8) is 0 Å². The van der Waals surface area contributed by atoms with Crippen LogP contribution in [-0.2, 0) is 17.4 Å². The molecule has 156 valence electrons. The summed E-state index contributed by atoms with van der Waals surface area (Å²) in [7, 11) is 0. The van der Waals surface area contributed by atoms with E-state index in [1.807, 2.05) is 0 Å². The molecule has 10 heteroatoms. The van der Waals surface area contributed by atoms with E-state index in [1.54, 1.807) is 24.3 Å². The van der Waals surface area contributed by atoms with Crippen molar-refractivity contribution in [3.8, 4) is 5.75 Å². The number of halogens is 4. The van der Waals surface area contributed by atoms with Gasteiger partial charge in [-0.05, 0) is 35.9 Å². The molecular weight excluding hydrogens is 441 g/mol. The van der Waals surface area contributed by atoms with Crippen LogP contribution in [0.5, 0.6) is 5.75 Å². The molecule has 5 nitrogen and oxygen atoms in total. The van der Waals surface area contributed by atoms with Crippen LogP contribution in [-0.4, -0.2) is 23.8 Å². The Labute approximate surface area is 178 Å². The standard InChI is InChI=1S/C20H14ClF3N2O3S/c21-16-6-5-14(20(22,23)24)7-13(16)8-15-9-25-19(30-15)26-18(28)11-29-17-4-2-1-3-12(17)10-27/h1-7,9-10H,8,11H2,(H,25,26,28). The van der Waals surface area contributed by atoms with Crippen LogP contribution in [0.25, 0.3) is 0 Å². The summed E-state index contributed by atoms with van der Waals surface area (Å²) in [6, 6.07) is 9.60. The normalized spacial score (nSPS) is 11.2. The minimum Gasteiger partial charge on any atom is -0.483 e. The molecule has 2 aromatic carbocycles. The van der Waals surface area contributed by atoms with E-state index in [2.05, 4.69) is 10.3 Å². The summed E-state index contributed by atoms with van der Waals surface area (Å²) in [5.41, 5.74) is -0.158. The lowest BCUT2D eigenvalue weighted by molar-refractivity contribution is -0.137. The zero-order valence-corrected chi connectivity index (χ0v) is 16.8. The zero-order chi connectivity index (χ0) is 21.7. The van der Waals surface area contributed by atoms with E-state index in [4.69, 9.17) is 16.3 Å². The molecule has 1 N–H and O–H groups in total. The number of aromatic nitrogens is 1. The van der Waals surface area contributed by atoms with Crippen LogP contribution >= 0.6 is 22.9 Å². The second-order valence-electron chi connectivity index (χ2n) is 6.10. The topological polar surface area (TPSA) is 68.3 Å². The number of thiazole rings is 1. The molecule has 0 radical (unpaired) electrons. The first-order valence-corrected chi connectivity index (χ1v) is 9.73. The van der Waals surface area contributed by atoms with E-state index in [1.165, 1.54) is 12.3 Å². The van der Waals surface area contributed by atoms with Crippen molar-refractivity contribution in [2.24, 2.45) is 0 Å². The third-order valence-corrected chi connectivity index (χ3v) is 5.22. The van der Waals surface area contributed by atoms with Crippen LogP contribution in [0.1, 0.15) is 26.4 Å². The number of para-hydroxylation sites is 1. The minimum absolute atomic E-state index is 0.138. The van der Waals surface area contributed by atoms with Crippen LogP contribution < -0.4 is 10.1 Å². The van der Waals surface area contributed by atoms with Gasteiger partial charge >= 0.3 is 6.18 Å². The maximum atomic E-state index is 12.9. The van der Waals surface area contributed by atoms with Crippen molar-refractivity contribution < 1.29 is 27.5 Å². The van der Waals surface area contributed by atoms with Crippen LogP contribution in [0.2, 0.25) is 5.02 Å². The van der Waals surface area contributed by atoms with Gasteiger partial charge in [0.05, 0.1) is 11.1 Å². The van der Waals surface area contributed by atoms with Gasteiger partial charge in [0.2, 0.25) is 0 Å². The second-order valence-corrected chi connectivity index (χ2v) is 7.63. The van der Waals surface area contributed by atoms with Crippen LogP contribution in [0.4, 0.5) is 18.3 Å². The molecule has 0 saturated heterocycles. The Morgan fingerprint density at radius 3 is 2.73 bits per heavy atom. The fourth-order valence-corrected chi connectivity index (χ4v) is 3.57. The molecule has 0 aliphatic heterocycles. The number of hydrogen-bond donors (Lipinski definition) is 1. The molecule has 1 heterocycles. The Hall–Kier alpha value is -2.91. The summed E-state index contributed by atoms with van der Waals surface area (Å²) in [5, 5.41) is 3.03. The summed E-state index contributed by atoms with van der Waals surface area (Å²) in [5.74, 6) is -0.213. The van der Waals surface area contributed by atoms with Crippen LogP contribution in [0, 0.1) is 0 Å². The van der Waals surface area contributed by atoms with Gasteiger partial charge in [0, 0.05) is 22.5 Å². The fourth-order valence-electron chi connectivity index (χ4n) is 2.53. The highest BCUT2D eigenvalue weighted by atomic mass is 35.5. The van der Waals surface area contributed by atoms with E-state index in [0.717, 1.165) is 23.5 Å². The van der Waals surface area contributed by atoms with E-state index >= 15 is 0 Å². The largest absolute Gasteiger partial charge is 0.483 e. The van der Waals surface area contributed by atoms with Gasteiger partial charge in [-0.1, -0.05) is 23.7 Å². The molecule has 1 amide bonds. The number of ether oxygens (including phenoxy) is 1. The number of rotatable bonds is 7. The summed E-state index contributed by atoms with van der Waals surface area (Å²) in [6.07, 6.45) is -2.24. The highest BCUT2D eigenvalue weighted by molar-refractivity contribution is 7.15. The van der Waals surface area contributed by atoms with E-state index in [0.29, 0.717) is 22.3 Å². The Morgan fingerprint density at radius 1 is 1.23 bits per heavy atom. The van der Waals surface area contributed by atoms with Gasteiger partial charge in [0.25, 0.3) is 5.91 Å². The van der Waals surface area contributed by atoms with Crippen molar-refractivity contribution in [2.45, 2.75) is 12.6 Å². The van der Waals surface area contributed by atoms with Crippen molar-refractivity contribution in [3.05, 3.63) is 75.3 Å². The highest BCUT2D eigenvalue weighted by Crippen LogP contribution is 2.33. The maximum absolute atomic E-state index is 12.9. The molecular formula is C20H14ClF3N2O3S. The SMILES string of the molecule is O=Cc1ccccc1OCC(=O)Nc1ncc(Cc2cc(C(F)(F)F)ccc2Cl)s1. The number of hydrogen-bond acceptors (Lipinski definition) is 5. The van der Waals surface area contributed by atoms with Crippen LogP contribution in [0.15, 0.2) is 48.7 Å². The molecule has 0 aliphatic carbocycles. The third-order valence-electron chi connectivity index (χ3n) is 3.94. The number of benzene rings is 2. The maximum Gasteiger partial charge on any atom is 0.416 e. The molecule has 0 bridgehead atoms. The number of anilines is 1. The summed E-state index contributed by atoms with van der Waals surface area (Å²) >= 11 is 7.13. The fraction of sp³-hybridized carbons (Fsp3) is 0.150. The molecule has 0 atom stereocenters. The first kappa shape index (κ1) is 21.8. The average molecular weight is 455 g/mol. The summed E-state index contributed by atoms with van der Waals surface area (Å²) < 4.78 is 44.0. The predicted octanol–water partition coefficient (Wildman–Crippen LogP) is 5.24. The number of nitrogens with zero attached hydrogens (tertiary/aromatic N) is 1. The van der Waals surface area contributed by atoms with Gasteiger partial charge in [0.15, 0.2) is 18.0 Å². The van der Waals surface area contributed by atoms with Gasteiger partial charge in [-0.2, -0.15) is 13.2 Å². The Morgan fingerprint density at radius 2 is 2.00 bits per heavy atom. The van der Waals surface area contributed by atoms with Crippen molar-refractivity contribution >= 4 is 40.3 Å². The van der Waals surface area contributed by atoms with E-state index < -0.39 is 17.6 Å². The molecule has 0 saturated carbocycles. The third kappa shape index (κ3) is 5.58. The minimum atomic E-state index is -4.46. The van der Waals surface area contributed by atoms with Gasteiger partial charge in [-0.25, -0.2) is 4.98 Å². The Kier molecular flexibility index (Phi) is 6.73. The van der Waals surface area contributed by atoms with Gasteiger partial charge in [-0.3, -0.25) is 14.9 Å². The lowest BCUT2D eigenvalue weighted by Gasteiger charge is -2.09. The zero-order valence-electron chi connectivity index (χ0n) is 15.2. The number of carbonyl (C=O) groups is 2. The number of amides is 1. The van der Waals surface area contributed by atoms with Crippen LogP contribution in [0.3, 0.4) is 0 Å². The van der Waals surface area contributed by atoms with E-state index in [9.17, 15) is 22.8 Å². The predicted molar refractivity (Wildman–Crippen MR) is 107 cm³/mol. The average Bonchev–Trinajstić information content (AvgIpc) is 3.14. The lowest BCUT2D eigenvalue weighted by Crippen LogP contribution is -2.20.